The van der Waals surface area contributed by atoms with Crippen LogP contribution in [0.25, 0.3) is 0 Å². The Kier molecular flexibility index (Phi) is 2.60. The van der Waals surface area contributed by atoms with Crippen LogP contribution in [0.15, 0.2) is 18.2 Å². The molecule has 0 atom stereocenters. The Hall–Kier alpha value is -1.55. The number of carbonyl (C=O) groups excluding carboxylic acids is 1. The van der Waals surface area contributed by atoms with Gasteiger partial charge in [-0.05, 0) is 19.1 Å². The number of hydrogen-bond donors (Lipinski definition) is 2. The van der Waals surface area contributed by atoms with E-state index in [1.807, 2.05) is 0 Å². The average Bonchev–Trinajstić information content (AvgIpc) is 2.15. The van der Waals surface area contributed by atoms with E-state index < -0.39 is 0 Å². The van der Waals surface area contributed by atoms with Crippen LogP contribution in [0.2, 0.25) is 0 Å². The highest BCUT2D eigenvalue weighted by atomic mass is 16.5. The predicted octanol–water partition coefficient (Wildman–Crippen LogP) is 0.829. The first kappa shape index (κ1) is 9.98. The van der Waals surface area contributed by atoms with Gasteiger partial charge in [0.05, 0.1) is 19.3 Å². The van der Waals surface area contributed by atoms with Crippen LogP contribution in [0.3, 0.4) is 0 Å². The molecule has 2 N–H and O–H groups in total. The quantitative estimate of drug-likeness (QED) is 0.755. The molecule has 4 nitrogen and oxygen atoms in total. The van der Waals surface area contributed by atoms with Crippen molar-refractivity contribution in [2.45, 2.75) is 13.0 Å². The van der Waals surface area contributed by atoms with Crippen LogP contribution in [0.1, 0.15) is 15.9 Å². The number of phenols is 1. The smallest absolute Gasteiger partial charge is 0.252 e. The van der Waals surface area contributed by atoms with Gasteiger partial charge in [-0.3, -0.25) is 4.79 Å². The molecule has 15 heavy (non-hydrogen) atoms. The third kappa shape index (κ3) is 1.94. The summed E-state index contributed by atoms with van der Waals surface area (Å²) < 4.78 is 4.96. The topological polar surface area (TPSA) is 58.6 Å². The van der Waals surface area contributed by atoms with E-state index in [1.165, 1.54) is 0 Å². The first-order valence-electron chi connectivity index (χ1n) is 4.85. The summed E-state index contributed by atoms with van der Waals surface area (Å²) in [6.45, 7) is 2.87. The molecule has 0 bridgehead atoms. The lowest BCUT2D eigenvalue weighted by Crippen LogP contribution is -2.48. The summed E-state index contributed by atoms with van der Waals surface area (Å²) in [5.41, 5.74) is 1.12. The zero-order valence-electron chi connectivity index (χ0n) is 8.49. The maximum Gasteiger partial charge on any atom is 0.252 e. The molecule has 1 fully saturated rings. The number of benzene rings is 1. The van der Waals surface area contributed by atoms with E-state index in [0.717, 1.165) is 0 Å². The van der Waals surface area contributed by atoms with Gasteiger partial charge in [-0.15, -0.1) is 0 Å². The minimum atomic E-state index is -0.156. The highest BCUT2D eigenvalue weighted by molar-refractivity contribution is 5.96. The first-order chi connectivity index (χ1) is 7.18. The monoisotopic (exact) mass is 207 g/mol. The Morgan fingerprint density at radius 1 is 1.53 bits per heavy atom. The van der Waals surface area contributed by atoms with Crippen molar-refractivity contribution >= 4 is 5.91 Å². The molecule has 1 heterocycles. The van der Waals surface area contributed by atoms with E-state index in [2.05, 4.69) is 5.32 Å². The maximum atomic E-state index is 11.7. The molecule has 0 saturated carbocycles. The molecule has 1 aromatic rings. The van der Waals surface area contributed by atoms with E-state index in [9.17, 15) is 9.90 Å². The van der Waals surface area contributed by atoms with Gasteiger partial charge in [0.1, 0.15) is 5.75 Å². The van der Waals surface area contributed by atoms with Crippen molar-refractivity contribution in [1.82, 2.24) is 5.32 Å². The van der Waals surface area contributed by atoms with Crippen molar-refractivity contribution in [2.24, 2.45) is 0 Å². The van der Waals surface area contributed by atoms with Crippen molar-refractivity contribution in [3.05, 3.63) is 29.3 Å². The molecule has 0 aliphatic carbocycles. The number of amides is 1. The molecule has 1 aromatic carbocycles. The van der Waals surface area contributed by atoms with Crippen molar-refractivity contribution in [3.8, 4) is 5.75 Å². The molecule has 1 saturated heterocycles. The summed E-state index contributed by atoms with van der Waals surface area (Å²) in [4.78, 5) is 11.7. The van der Waals surface area contributed by atoms with Crippen molar-refractivity contribution in [3.63, 3.8) is 0 Å². The lowest BCUT2D eigenvalue weighted by molar-refractivity contribution is -0.00347. The molecule has 1 aliphatic heterocycles. The van der Waals surface area contributed by atoms with Crippen molar-refractivity contribution < 1.29 is 14.6 Å². The Balaban J connectivity index is 2.13. The number of aromatic hydroxyl groups is 1. The maximum absolute atomic E-state index is 11.7. The first-order valence-corrected chi connectivity index (χ1v) is 4.85. The number of nitrogens with one attached hydrogen (secondary N) is 1. The third-order valence-electron chi connectivity index (χ3n) is 2.52. The minimum absolute atomic E-state index is 0.110. The number of rotatable bonds is 2. The summed E-state index contributed by atoms with van der Waals surface area (Å²) in [5.74, 6) is -0.00999. The van der Waals surface area contributed by atoms with Crippen molar-refractivity contribution in [1.29, 1.82) is 0 Å². The highest BCUT2D eigenvalue weighted by Gasteiger charge is 2.22. The van der Waals surface area contributed by atoms with Crippen LogP contribution in [0.5, 0.6) is 5.75 Å². The normalized spacial score (nSPS) is 15.8. The van der Waals surface area contributed by atoms with E-state index in [-0.39, 0.29) is 17.7 Å². The van der Waals surface area contributed by atoms with Gasteiger partial charge in [0.25, 0.3) is 5.91 Å². The van der Waals surface area contributed by atoms with Crippen molar-refractivity contribution in [2.75, 3.05) is 13.2 Å². The van der Waals surface area contributed by atoms with Gasteiger partial charge in [0.2, 0.25) is 0 Å². The fourth-order valence-corrected chi connectivity index (χ4v) is 1.45. The fourth-order valence-electron chi connectivity index (χ4n) is 1.45. The van der Waals surface area contributed by atoms with E-state index >= 15 is 0 Å². The second-order valence-corrected chi connectivity index (χ2v) is 3.66. The molecule has 80 valence electrons. The molecule has 0 unspecified atom stereocenters. The largest absolute Gasteiger partial charge is 0.508 e. The van der Waals surface area contributed by atoms with Crippen LogP contribution in [-0.4, -0.2) is 30.3 Å². The zero-order chi connectivity index (χ0) is 10.8. The minimum Gasteiger partial charge on any atom is -0.508 e. The summed E-state index contributed by atoms with van der Waals surface area (Å²) in [7, 11) is 0. The number of phenolic OH excluding ortho intramolecular Hbond substituents is 1. The average molecular weight is 207 g/mol. The summed E-state index contributed by atoms with van der Waals surface area (Å²) >= 11 is 0. The third-order valence-corrected chi connectivity index (χ3v) is 2.52. The summed E-state index contributed by atoms with van der Waals surface area (Å²) in [6.07, 6.45) is 0. The molecule has 1 aliphatic rings. The molecule has 2 rings (SSSR count). The van der Waals surface area contributed by atoms with Crippen LogP contribution >= 0.6 is 0 Å². The summed E-state index contributed by atoms with van der Waals surface area (Å²) in [6, 6.07) is 5.04. The van der Waals surface area contributed by atoms with Gasteiger partial charge in [0, 0.05) is 11.1 Å². The molecular formula is C11H13NO3. The van der Waals surface area contributed by atoms with Gasteiger partial charge >= 0.3 is 0 Å². The van der Waals surface area contributed by atoms with Gasteiger partial charge in [-0.1, -0.05) is 6.07 Å². The SMILES string of the molecule is Cc1c(O)cccc1C(=O)NC1COC1. The molecular weight excluding hydrogens is 194 g/mol. The zero-order valence-corrected chi connectivity index (χ0v) is 8.49. The standard InChI is InChI=1S/C11H13NO3/c1-7-9(3-2-4-10(7)13)11(14)12-8-5-15-6-8/h2-4,8,13H,5-6H2,1H3,(H,12,14). The Morgan fingerprint density at radius 3 is 2.87 bits per heavy atom. The lowest BCUT2D eigenvalue weighted by Gasteiger charge is -2.27. The van der Waals surface area contributed by atoms with E-state index in [0.29, 0.717) is 24.3 Å². The van der Waals surface area contributed by atoms with Gasteiger partial charge < -0.3 is 15.2 Å². The van der Waals surface area contributed by atoms with Gasteiger partial charge in [-0.25, -0.2) is 0 Å². The van der Waals surface area contributed by atoms with Crippen LogP contribution in [0, 0.1) is 6.92 Å². The molecule has 1 amide bonds. The number of carbonyl (C=O) groups is 1. The molecule has 0 radical (unpaired) electrons. The number of hydrogen-bond acceptors (Lipinski definition) is 3. The fraction of sp³-hybridized carbons (Fsp3) is 0.364. The van der Waals surface area contributed by atoms with Crippen LogP contribution < -0.4 is 5.32 Å². The second-order valence-electron chi connectivity index (χ2n) is 3.66. The molecule has 0 aromatic heterocycles. The Labute approximate surface area is 87.9 Å². The molecule has 4 heteroatoms. The van der Waals surface area contributed by atoms with Gasteiger partial charge in [0.15, 0.2) is 0 Å². The highest BCUT2D eigenvalue weighted by Crippen LogP contribution is 2.19. The lowest BCUT2D eigenvalue weighted by atomic mass is 10.1. The number of ether oxygens (including phenoxy) is 1. The van der Waals surface area contributed by atoms with E-state index in [4.69, 9.17) is 4.74 Å². The van der Waals surface area contributed by atoms with Gasteiger partial charge in [-0.2, -0.15) is 0 Å². The predicted molar refractivity (Wildman–Crippen MR) is 54.9 cm³/mol. The molecule has 0 spiro atoms. The van der Waals surface area contributed by atoms with Crippen LogP contribution in [0.4, 0.5) is 0 Å². The second kappa shape index (κ2) is 3.90. The Morgan fingerprint density at radius 2 is 2.27 bits per heavy atom. The summed E-state index contributed by atoms with van der Waals surface area (Å²) in [5, 5.41) is 12.3. The van der Waals surface area contributed by atoms with Crippen LogP contribution in [-0.2, 0) is 4.74 Å². The van der Waals surface area contributed by atoms with E-state index in [1.54, 1.807) is 25.1 Å². The Bertz CT molecular complexity index is 385.